The number of nitrogens with zero attached hydrogens (tertiary/aromatic N) is 2. The molecule has 4 nitrogen and oxygen atoms in total. The summed E-state index contributed by atoms with van der Waals surface area (Å²) in [5.41, 5.74) is 2.26. The summed E-state index contributed by atoms with van der Waals surface area (Å²) in [5.74, 6) is 1.28. The number of rotatable bonds is 6. The van der Waals surface area contributed by atoms with Crippen LogP contribution in [-0.4, -0.2) is 24.5 Å². The third-order valence-corrected chi connectivity index (χ3v) is 4.74. The van der Waals surface area contributed by atoms with Crippen molar-refractivity contribution in [3.63, 3.8) is 0 Å². The van der Waals surface area contributed by atoms with Gasteiger partial charge in [-0.2, -0.15) is 0 Å². The van der Waals surface area contributed by atoms with Crippen molar-refractivity contribution in [1.82, 2.24) is 15.6 Å². The van der Waals surface area contributed by atoms with E-state index in [1.54, 1.807) is 18.4 Å². The summed E-state index contributed by atoms with van der Waals surface area (Å²) < 4.78 is 0. The lowest BCUT2D eigenvalue weighted by Gasteiger charge is -2.11. The second kappa shape index (κ2) is 8.89. The van der Waals surface area contributed by atoms with Gasteiger partial charge >= 0.3 is 0 Å². The first-order valence-corrected chi connectivity index (χ1v) is 8.97. The standard InChI is InChI=1S/C17H23ClN4S/c1-12(2)16-22-15(11-23-16)7-8-20-17(19-3)21-10-13-5-4-6-14(18)9-13/h4-6,9,11-12H,7-8,10H2,1-3H3,(H2,19,20,21). The van der Waals surface area contributed by atoms with E-state index in [2.05, 4.69) is 39.8 Å². The van der Waals surface area contributed by atoms with E-state index in [4.69, 9.17) is 11.6 Å². The molecule has 0 aliphatic rings. The Hall–Kier alpha value is -1.59. The molecule has 0 unspecified atom stereocenters. The molecule has 6 heteroatoms. The Balaban J connectivity index is 1.76. The second-order valence-corrected chi connectivity index (χ2v) is 6.89. The molecule has 0 spiro atoms. The normalized spacial score (nSPS) is 11.8. The number of nitrogens with one attached hydrogen (secondary N) is 2. The average Bonchev–Trinajstić information content (AvgIpc) is 3.00. The Labute approximate surface area is 147 Å². The summed E-state index contributed by atoms with van der Waals surface area (Å²) in [6.45, 7) is 5.83. The number of aromatic nitrogens is 1. The lowest BCUT2D eigenvalue weighted by atomic mass is 10.2. The second-order valence-electron chi connectivity index (χ2n) is 5.56. The van der Waals surface area contributed by atoms with E-state index in [1.807, 2.05) is 24.3 Å². The van der Waals surface area contributed by atoms with Crippen molar-refractivity contribution in [3.8, 4) is 0 Å². The molecule has 1 aromatic heterocycles. The first-order valence-electron chi connectivity index (χ1n) is 7.71. The smallest absolute Gasteiger partial charge is 0.191 e. The van der Waals surface area contributed by atoms with Gasteiger partial charge in [0, 0.05) is 42.9 Å². The highest BCUT2D eigenvalue weighted by Gasteiger charge is 2.06. The first-order chi connectivity index (χ1) is 11.1. The highest BCUT2D eigenvalue weighted by Crippen LogP contribution is 2.19. The zero-order valence-electron chi connectivity index (χ0n) is 13.8. The minimum atomic E-state index is 0.494. The SMILES string of the molecule is CN=C(NCCc1csc(C(C)C)n1)NCc1cccc(Cl)c1. The van der Waals surface area contributed by atoms with Crippen molar-refractivity contribution >= 4 is 28.9 Å². The molecular formula is C17H23ClN4S. The van der Waals surface area contributed by atoms with Crippen molar-refractivity contribution in [2.75, 3.05) is 13.6 Å². The molecule has 0 bridgehead atoms. The van der Waals surface area contributed by atoms with Crippen LogP contribution in [0.1, 0.15) is 36.0 Å². The minimum Gasteiger partial charge on any atom is -0.356 e. The predicted molar refractivity (Wildman–Crippen MR) is 99.6 cm³/mol. The van der Waals surface area contributed by atoms with Gasteiger partial charge in [-0.25, -0.2) is 4.98 Å². The van der Waals surface area contributed by atoms with Crippen molar-refractivity contribution in [3.05, 3.63) is 50.9 Å². The van der Waals surface area contributed by atoms with Crippen LogP contribution >= 0.6 is 22.9 Å². The molecule has 1 aromatic carbocycles. The van der Waals surface area contributed by atoms with E-state index in [-0.39, 0.29) is 0 Å². The fourth-order valence-electron chi connectivity index (χ4n) is 2.06. The topological polar surface area (TPSA) is 49.3 Å². The van der Waals surface area contributed by atoms with Crippen LogP contribution in [0, 0.1) is 0 Å². The van der Waals surface area contributed by atoms with Gasteiger partial charge in [0.1, 0.15) is 0 Å². The van der Waals surface area contributed by atoms with Gasteiger partial charge in [0.15, 0.2) is 5.96 Å². The van der Waals surface area contributed by atoms with Crippen molar-refractivity contribution in [2.24, 2.45) is 4.99 Å². The summed E-state index contributed by atoms with van der Waals surface area (Å²) in [6.07, 6.45) is 0.890. The molecular weight excluding hydrogens is 328 g/mol. The Morgan fingerprint density at radius 2 is 2.17 bits per heavy atom. The molecule has 1 heterocycles. The maximum absolute atomic E-state index is 5.99. The Morgan fingerprint density at radius 3 is 2.83 bits per heavy atom. The third-order valence-electron chi connectivity index (χ3n) is 3.31. The molecule has 0 saturated carbocycles. The van der Waals surface area contributed by atoms with Crippen molar-refractivity contribution < 1.29 is 0 Å². The number of thiazole rings is 1. The Kier molecular flexibility index (Phi) is 6.86. The summed E-state index contributed by atoms with van der Waals surface area (Å²) >= 11 is 7.72. The number of aliphatic imine (C=N–C) groups is 1. The van der Waals surface area contributed by atoms with E-state index in [0.29, 0.717) is 12.5 Å². The van der Waals surface area contributed by atoms with E-state index >= 15 is 0 Å². The summed E-state index contributed by atoms with van der Waals surface area (Å²) in [5, 5.41) is 10.7. The number of hydrogen-bond donors (Lipinski definition) is 2. The maximum atomic E-state index is 5.99. The monoisotopic (exact) mass is 350 g/mol. The molecule has 0 atom stereocenters. The van der Waals surface area contributed by atoms with E-state index < -0.39 is 0 Å². The molecule has 0 aliphatic carbocycles. The van der Waals surface area contributed by atoms with Crippen LogP contribution in [-0.2, 0) is 13.0 Å². The predicted octanol–water partition coefficient (Wildman–Crippen LogP) is 3.83. The molecule has 0 amide bonds. The molecule has 23 heavy (non-hydrogen) atoms. The molecule has 2 aromatic rings. The van der Waals surface area contributed by atoms with Crippen LogP contribution in [0.4, 0.5) is 0 Å². The zero-order valence-corrected chi connectivity index (χ0v) is 15.3. The van der Waals surface area contributed by atoms with E-state index in [0.717, 1.165) is 35.2 Å². The summed E-state index contributed by atoms with van der Waals surface area (Å²) in [4.78, 5) is 8.87. The van der Waals surface area contributed by atoms with Gasteiger partial charge < -0.3 is 10.6 Å². The van der Waals surface area contributed by atoms with E-state index in [1.165, 1.54) is 5.01 Å². The Bertz CT molecular complexity index is 652. The lowest BCUT2D eigenvalue weighted by molar-refractivity contribution is 0.777. The van der Waals surface area contributed by atoms with Crippen molar-refractivity contribution in [2.45, 2.75) is 32.7 Å². The van der Waals surface area contributed by atoms with Crippen LogP contribution in [0.2, 0.25) is 5.02 Å². The van der Waals surface area contributed by atoms with Crippen LogP contribution in [0.15, 0.2) is 34.6 Å². The highest BCUT2D eigenvalue weighted by molar-refractivity contribution is 7.09. The van der Waals surface area contributed by atoms with Gasteiger partial charge in [0.25, 0.3) is 0 Å². The zero-order chi connectivity index (χ0) is 16.7. The van der Waals surface area contributed by atoms with Crippen LogP contribution < -0.4 is 10.6 Å². The molecule has 2 N–H and O–H groups in total. The van der Waals surface area contributed by atoms with Gasteiger partial charge in [-0.1, -0.05) is 37.6 Å². The molecule has 124 valence electrons. The van der Waals surface area contributed by atoms with Gasteiger partial charge in [-0.3, -0.25) is 4.99 Å². The minimum absolute atomic E-state index is 0.494. The van der Waals surface area contributed by atoms with Gasteiger partial charge in [-0.15, -0.1) is 11.3 Å². The fourth-order valence-corrected chi connectivity index (χ4v) is 3.15. The van der Waals surface area contributed by atoms with Crippen LogP contribution in [0.25, 0.3) is 0 Å². The van der Waals surface area contributed by atoms with Crippen molar-refractivity contribution in [1.29, 1.82) is 0 Å². The lowest BCUT2D eigenvalue weighted by Crippen LogP contribution is -2.37. The quantitative estimate of drug-likeness (QED) is 0.615. The van der Waals surface area contributed by atoms with E-state index in [9.17, 15) is 0 Å². The number of hydrogen-bond acceptors (Lipinski definition) is 3. The number of guanidine groups is 1. The largest absolute Gasteiger partial charge is 0.356 e. The van der Waals surface area contributed by atoms with Crippen LogP contribution in [0.3, 0.4) is 0 Å². The summed E-state index contributed by atoms with van der Waals surface area (Å²) in [7, 11) is 1.77. The Morgan fingerprint density at radius 1 is 1.35 bits per heavy atom. The molecule has 0 fully saturated rings. The first kappa shape index (κ1) is 17.8. The van der Waals surface area contributed by atoms with Gasteiger partial charge in [-0.05, 0) is 17.7 Å². The third kappa shape index (κ3) is 5.84. The van der Waals surface area contributed by atoms with Gasteiger partial charge in [0.2, 0.25) is 0 Å². The molecule has 0 aliphatic heterocycles. The number of benzene rings is 1. The maximum Gasteiger partial charge on any atom is 0.191 e. The summed E-state index contributed by atoms with van der Waals surface area (Å²) in [6, 6.07) is 7.81. The molecule has 2 rings (SSSR count). The average molecular weight is 351 g/mol. The number of halogens is 1. The van der Waals surface area contributed by atoms with Crippen LogP contribution in [0.5, 0.6) is 0 Å². The van der Waals surface area contributed by atoms with Gasteiger partial charge in [0.05, 0.1) is 10.7 Å². The fraction of sp³-hybridized carbons (Fsp3) is 0.412. The highest BCUT2D eigenvalue weighted by atomic mass is 35.5. The molecule has 0 saturated heterocycles. The molecule has 0 radical (unpaired) electrons.